The molecule has 2 heterocycles. The highest BCUT2D eigenvalue weighted by molar-refractivity contribution is 4.81. The first-order chi connectivity index (χ1) is 7.79. The van der Waals surface area contributed by atoms with Gasteiger partial charge in [-0.05, 0) is 58.2 Å². The van der Waals surface area contributed by atoms with Crippen molar-refractivity contribution in [2.75, 3.05) is 32.7 Å². The second-order valence-electron chi connectivity index (χ2n) is 5.77. The van der Waals surface area contributed by atoms with Crippen LogP contribution in [0.1, 0.15) is 46.0 Å². The highest BCUT2D eigenvalue weighted by Gasteiger charge is 2.26. The van der Waals surface area contributed by atoms with Crippen LogP contribution in [0.15, 0.2) is 0 Å². The van der Waals surface area contributed by atoms with E-state index in [-0.39, 0.29) is 0 Å². The Morgan fingerprint density at radius 3 is 2.56 bits per heavy atom. The summed E-state index contributed by atoms with van der Waals surface area (Å²) in [5.41, 5.74) is 0. The van der Waals surface area contributed by atoms with E-state index in [0.29, 0.717) is 0 Å². The molecule has 0 aromatic heterocycles. The van der Waals surface area contributed by atoms with E-state index in [0.717, 1.165) is 12.0 Å². The number of likely N-dealkylation sites (tertiary alicyclic amines) is 2. The van der Waals surface area contributed by atoms with Gasteiger partial charge in [0, 0.05) is 19.1 Å². The molecule has 0 radical (unpaired) electrons. The summed E-state index contributed by atoms with van der Waals surface area (Å²) in [5.74, 6) is 0.951. The van der Waals surface area contributed by atoms with Crippen molar-refractivity contribution < 1.29 is 0 Å². The first-order valence-corrected chi connectivity index (χ1v) is 7.26. The van der Waals surface area contributed by atoms with Gasteiger partial charge in [-0.3, -0.25) is 0 Å². The number of piperidine rings is 1. The van der Waals surface area contributed by atoms with Gasteiger partial charge in [-0.1, -0.05) is 13.3 Å². The summed E-state index contributed by atoms with van der Waals surface area (Å²) in [5, 5.41) is 0. The maximum atomic E-state index is 2.70. The fraction of sp³-hybridized carbons (Fsp3) is 1.00. The van der Waals surface area contributed by atoms with Crippen LogP contribution in [0.4, 0.5) is 0 Å². The summed E-state index contributed by atoms with van der Waals surface area (Å²) < 4.78 is 0. The summed E-state index contributed by atoms with van der Waals surface area (Å²) in [6.07, 6.45) is 7.06. The van der Waals surface area contributed by atoms with E-state index in [1.807, 2.05) is 0 Å². The molecule has 2 aliphatic rings. The van der Waals surface area contributed by atoms with E-state index < -0.39 is 0 Å². The normalized spacial score (nSPS) is 30.8. The van der Waals surface area contributed by atoms with Gasteiger partial charge in [0.25, 0.3) is 0 Å². The Morgan fingerprint density at radius 2 is 1.88 bits per heavy atom. The zero-order valence-electron chi connectivity index (χ0n) is 11.1. The molecule has 0 spiro atoms. The van der Waals surface area contributed by atoms with Gasteiger partial charge in [-0.2, -0.15) is 0 Å². The van der Waals surface area contributed by atoms with Crippen LogP contribution in [-0.4, -0.2) is 48.6 Å². The quantitative estimate of drug-likeness (QED) is 0.724. The zero-order chi connectivity index (χ0) is 11.4. The minimum absolute atomic E-state index is 0.798. The number of hydrogen-bond donors (Lipinski definition) is 0. The molecule has 2 saturated heterocycles. The largest absolute Gasteiger partial charge is 0.303 e. The van der Waals surface area contributed by atoms with Crippen molar-refractivity contribution in [3.63, 3.8) is 0 Å². The van der Waals surface area contributed by atoms with Crippen LogP contribution in [0.25, 0.3) is 0 Å². The van der Waals surface area contributed by atoms with Crippen LogP contribution in [0.5, 0.6) is 0 Å². The Morgan fingerprint density at radius 1 is 1.12 bits per heavy atom. The van der Waals surface area contributed by atoms with Gasteiger partial charge in [-0.15, -0.1) is 0 Å². The van der Waals surface area contributed by atoms with Crippen molar-refractivity contribution in [2.24, 2.45) is 5.92 Å². The monoisotopic (exact) mass is 224 g/mol. The zero-order valence-corrected chi connectivity index (χ0v) is 11.1. The van der Waals surface area contributed by atoms with Crippen LogP contribution in [0, 0.1) is 5.92 Å². The molecule has 16 heavy (non-hydrogen) atoms. The van der Waals surface area contributed by atoms with E-state index in [2.05, 4.69) is 23.6 Å². The first-order valence-electron chi connectivity index (χ1n) is 7.26. The molecule has 2 atom stereocenters. The van der Waals surface area contributed by atoms with Crippen LogP contribution >= 0.6 is 0 Å². The van der Waals surface area contributed by atoms with Crippen molar-refractivity contribution in [1.82, 2.24) is 9.80 Å². The summed E-state index contributed by atoms with van der Waals surface area (Å²) in [6.45, 7) is 11.5. The Hall–Kier alpha value is -0.0800. The first kappa shape index (κ1) is 12.4. The van der Waals surface area contributed by atoms with Gasteiger partial charge >= 0.3 is 0 Å². The van der Waals surface area contributed by atoms with E-state index in [1.165, 1.54) is 64.8 Å². The van der Waals surface area contributed by atoms with Gasteiger partial charge in [-0.25, -0.2) is 0 Å². The van der Waals surface area contributed by atoms with E-state index in [4.69, 9.17) is 0 Å². The molecule has 94 valence electrons. The SMILES string of the molecule is CCC(C)N1CC[C@@H](CN2CCCCC2)C1. The molecule has 0 saturated carbocycles. The third-order valence-electron chi connectivity index (χ3n) is 4.50. The maximum Gasteiger partial charge on any atom is 0.00644 e. The maximum absolute atomic E-state index is 2.70. The third-order valence-corrected chi connectivity index (χ3v) is 4.50. The molecule has 0 aliphatic carbocycles. The predicted molar refractivity (Wildman–Crippen MR) is 69.7 cm³/mol. The lowest BCUT2D eigenvalue weighted by atomic mass is 10.1. The summed E-state index contributed by atoms with van der Waals surface area (Å²) >= 11 is 0. The van der Waals surface area contributed by atoms with Gasteiger partial charge in [0.2, 0.25) is 0 Å². The Kier molecular flexibility index (Phi) is 4.66. The molecule has 2 nitrogen and oxygen atoms in total. The lowest BCUT2D eigenvalue weighted by Crippen LogP contribution is -2.36. The highest BCUT2D eigenvalue weighted by Crippen LogP contribution is 2.22. The van der Waals surface area contributed by atoms with Crippen LogP contribution in [0.3, 0.4) is 0 Å². The molecule has 2 fully saturated rings. The second kappa shape index (κ2) is 6.02. The molecule has 0 N–H and O–H groups in total. The number of rotatable bonds is 4. The van der Waals surface area contributed by atoms with Crippen molar-refractivity contribution in [3.05, 3.63) is 0 Å². The van der Waals surface area contributed by atoms with Crippen LogP contribution < -0.4 is 0 Å². The average molecular weight is 224 g/mol. The van der Waals surface area contributed by atoms with Gasteiger partial charge in [0.05, 0.1) is 0 Å². The van der Waals surface area contributed by atoms with Crippen LogP contribution in [0.2, 0.25) is 0 Å². The van der Waals surface area contributed by atoms with Crippen molar-refractivity contribution >= 4 is 0 Å². The smallest absolute Gasteiger partial charge is 0.00644 e. The molecule has 0 aromatic rings. The minimum atomic E-state index is 0.798. The molecule has 0 amide bonds. The fourth-order valence-corrected chi connectivity index (χ4v) is 3.18. The topological polar surface area (TPSA) is 6.48 Å². The second-order valence-corrected chi connectivity index (χ2v) is 5.77. The minimum Gasteiger partial charge on any atom is -0.303 e. The molecule has 2 heteroatoms. The van der Waals surface area contributed by atoms with Gasteiger partial charge < -0.3 is 9.80 Å². The third kappa shape index (κ3) is 3.21. The van der Waals surface area contributed by atoms with Crippen LogP contribution in [-0.2, 0) is 0 Å². The molecular formula is C14H28N2. The lowest BCUT2D eigenvalue weighted by molar-refractivity contribution is 0.185. The summed E-state index contributed by atoms with van der Waals surface area (Å²) in [4.78, 5) is 5.39. The van der Waals surface area contributed by atoms with Crippen molar-refractivity contribution in [1.29, 1.82) is 0 Å². The van der Waals surface area contributed by atoms with Crippen molar-refractivity contribution in [3.8, 4) is 0 Å². The molecule has 2 aliphatic heterocycles. The summed E-state index contributed by atoms with van der Waals surface area (Å²) in [7, 11) is 0. The van der Waals surface area contributed by atoms with Gasteiger partial charge in [0.15, 0.2) is 0 Å². The van der Waals surface area contributed by atoms with Crippen molar-refractivity contribution in [2.45, 2.75) is 52.0 Å². The Labute approximate surface area is 101 Å². The standard InChI is InChI=1S/C14H28N2/c1-3-13(2)16-10-7-14(12-16)11-15-8-5-4-6-9-15/h13-14H,3-12H2,1-2H3/t13?,14-/m0/s1. The molecule has 1 unspecified atom stereocenters. The fourth-order valence-electron chi connectivity index (χ4n) is 3.18. The average Bonchev–Trinajstić information content (AvgIpc) is 2.78. The molecule has 2 rings (SSSR count). The van der Waals surface area contributed by atoms with E-state index >= 15 is 0 Å². The highest BCUT2D eigenvalue weighted by atomic mass is 15.2. The number of hydrogen-bond acceptors (Lipinski definition) is 2. The molecule has 0 bridgehead atoms. The van der Waals surface area contributed by atoms with Gasteiger partial charge in [0.1, 0.15) is 0 Å². The Balaban J connectivity index is 1.71. The van der Waals surface area contributed by atoms with E-state index in [1.54, 1.807) is 0 Å². The van der Waals surface area contributed by atoms with E-state index in [9.17, 15) is 0 Å². The molecular weight excluding hydrogens is 196 g/mol. The predicted octanol–water partition coefficient (Wildman–Crippen LogP) is 2.59. The Bertz CT molecular complexity index is 199. The molecule has 0 aromatic carbocycles. The summed E-state index contributed by atoms with van der Waals surface area (Å²) in [6, 6.07) is 0.798. The number of nitrogens with zero attached hydrogens (tertiary/aromatic N) is 2. The lowest BCUT2D eigenvalue weighted by Gasteiger charge is -2.29.